The van der Waals surface area contributed by atoms with Crippen molar-refractivity contribution in [3.05, 3.63) is 33.2 Å². The quantitative estimate of drug-likeness (QED) is 0.711. The fraction of sp³-hybridized carbons (Fsp3) is 0.222. The van der Waals surface area contributed by atoms with Crippen LogP contribution in [-0.2, 0) is 0 Å². The van der Waals surface area contributed by atoms with E-state index in [4.69, 9.17) is 5.73 Å². The number of hydrogen-bond donors (Lipinski definition) is 3. The van der Waals surface area contributed by atoms with Gasteiger partial charge in [0.05, 0.1) is 6.04 Å². The molecule has 0 aliphatic carbocycles. The van der Waals surface area contributed by atoms with Gasteiger partial charge in [-0.2, -0.15) is 5.10 Å². The van der Waals surface area contributed by atoms with Crippen LogP contribution in [0.4, 0.5) is 5.13 Å². The van der Waals surface area contributed by atoms with Crippen molar-refractivity contribution in [3.8, 4) is 0 Å². The summed E-state index contributed by atoms with van der Waals surface area (Å²) in [4.78, 5) is 22.5. The third kappa shape index (κ3) is 2.76. The molecule has 0 fully saturated rings. The summed E-state index contributed by atoms with van der Waals surface area (Å²) >= 11 is 1.19. The van der Waals surface area contributed by atoms with Gasteiger partial charge in [0, 0.05) is 6.07 Å². The van der Waals surface area contributed by atoms with Crippen LogP contribution in [0.3, 0.4) is 0 Å². The Morgan fingerprint density at radius 2 is 2.28 bits per heavy atom. The van der Waals surface area contributed by atoms with E-state index in [9.17, 15) is 9.59 Å². The minimum atomic E-state index is -0.473. The van der Waals surface area contributed by atoms with Crippen molar-refractivity contribution in [1.29, 1.82) is 0 Å². The number of nitrogens with one attached hydrogen (secondary N) is 2. The van der Waals surface area contributed by atoms with E-state index >= 15 is 0 Å². The number of carbonyl (C=O) groups is 1. The van der Waals surface area contributed by atoms with E-state index in [1.54, 1.807) is 6.92 Å². The number of nitrogens with zero attached hydrogens (tertiary/aromatic N) is 3. The van der Waals surface area contributed by atoms with Gasteiger partial charge >= 0.3 is 0 Å². The molecule has 8 nitrogen and oxygen atoms in total. The third-order valence-electron chi connectivity index (χ3n) is 1.96. The van der Waals surface area contributed by atoms with Crippen molar-refractivity contribution in [1.82, 2.24) is 20.4 Å². The van der Waals surface area contributed by atoms with Crippen LogP contribution in [0.2, 0.25) is 0 Å². The first-order valence-electron chi connectivity index (χ1n) is 5.02. The van der Waals surface area contributed by atoms with E-state index in [1.807, 2.05) is 0 Å². The Hall–Kier alpha value is -2.13. The Bertz CT molecular complexity index is 599. The molecular weight excluding hydrogens is 256 g/mol. The van der Waals surface area contributed by atoms with Crippen LogP contribution in [0.15, 0.2) is 16.9 Å². The average Bonchev–Trinajstić information content (AvgIpc) is 2.78. The second-order valence-corrected chi connectivity index (χ2v) is 4.50. The number of aromatic amines is 1. The first kappa shape index (κ1) is 12.3. The Labute approximate surface area is 105 Å². The maximum atomic E-state index is 11.7. The van der Waals surface area contributed by atoms with Crippen LogP contribution in [-0.4, -0.2) is 26.3 Å². The molecule has 1 amide bonds. The van der Waals surface area contributed by atoms with E-state index in [1.165, 1.54) is 23.5 Å². The van der Waals surface area contributed by atoms with Gasteiger partial charge in [0.15, 0.2) is 0 Å². The number of H-pyrrole nitrogens is 1. The van der Waals surface area contributed by atoms with Crippen molar-refractivity contribution in [2.24, 2.45) is 5.73 Å². The average molecular weight is 266 g/mol. The molecule has 2 aromatic rings. The molecule has 2 rings (SSSR count). The van der Waals surface area contributed by atoms with Crippen LogP contribution in [0.25, 0.3) is 0 Å². The topological polar surface area (TPSA) is 127 Å². The summed E-state index contributed by atoms with van der Waals surface area (Å²) in [6.45, 7) is 1.77. The molecule has 2 heterocycles. The molecule has 0 bridgehead atoms. The van der Waals surface area contributed by atoms with Gasteiger partial charge in [0.2, 0.25) is 5.13 Å². The number of carbonyl (C=O) groups excluding carboxylic acids is 1. The maximum Gasteiger partial charge on any atom is 0.277 e. The highest BCUT2D eigenvalue weighted by Gasteiger charge is 2.12. The van der Waals surface area contributed by atoms with Crippen molar-refractivity contribution in [3.63, 3.8) is 0 Å². The summed E-state index contributed by atoms with van der Waals surface area (Å²) in [5.41, 5.74) is 5.35. The summed E-state index contributed by atoms with van der Waals surface area (Å²) < 4.78 is 0. The van der Waals surface area contributed by atoms with E-state index < -0.39 is 5.91 Å². The Morgan fingerprint density at radius 3 is 2.83 bits per heavy atom. The number of amides is 1. The van der Waals surface area contributed by atoms with Crippen LogP contribution >= 0.6 is 11.3 Å². The lowest BCUT2D eigenvalue weighted by molar-refractivity contribution is 0.102. The number of anilines is 1. The second kappa shape index (κ2) is 5.02. The van der Waals surface area contributed by atoms with Gasteiger partial charge in [0.25, 0.3) is 11.5 Å². The predicted molar refractivity (Wildman–Crippen MR) is 65.3 cm³/mol. The molecule has 2 aromatic heterocycles. The number of nitrogens with two attached hydrogens (primary N) is 1. The van der Waals surface area contributed by atoms with Crippen LogP contribution in [0.5, 0.6) is 0 Å². The Balaban J connectivity index is 2.11. The molecule has 94 valence electrons. The molecule has 0 saturated heterocycles. The van der Waals surface area contributed by atoms with Crippen LogP contribution in [0, 0.1) is 0 Å². The van der Waals surface area contributed by atoms with E-state index in [0.717, 1.165) is 0 Å². The summed E-state index contributed by atoms with van der Waals surface area (Å²) in [5, 5.41) is 16.9. The van der Waals surface area contributed by atoms with E-state index in [-0.39, 0.29) is 17.3 Å². The lowest BCUT2D eigenvalue weighted by Crippen LogP contribution is -2.17. The summed E-state index contributed by atoms with van der Waals surface area (Å²) in [7, 11) is 0. The zero-order chi connectivity index (χ0) is 13.1. The molecule has 0 spiro atoms. The zero-order valence-electron chi connectivity index (χ0n) is 9.38. The van der Waals surface area contributed by atoms with E-state index in [2.05, 4.69) is 25.7 Å². The standard InChI is InChI=1S/C9H10N6O2S/c1-4(10)8-14-15-9(18-8)11-7(17)5-2-3-6(16)13-12-5/h2-4H,10H2,1H3,(H,13,16)(H,11,15,17). The van der Waals surface area contributed by atoms with Gasteiger partial charge in [-0.1, -0.05) is 11.3 Å². The molecule has 4 N–H and O–H groups in total. The highest BCUT2D eigenvalue weighted by Crippen LogP contribution is 2.19. The van der Waals surface area contributed by atoms with E-state index in [0.29, 0.717) is 10.1 Å². The van der Waals surface area contributed by atoms with Crippen molar-refractivity contribution >= 4 is 22.4 Å². The second-order valence-electron chi connectivity index (χ2n) is 3.49. The molecule has 0 aliphatic rings. The molecule has 9 heteroatoms. The number of rotatable bonds is 3. The predicted octanol–water partition coefficient (Wildman–Crippen LogP) is -0.107. The summed E-state index contributed by atoms with van der Waals surface area (Å²) in [6, 6.07) is 2.30. The van der Waals surface area contributed by atoms with Gasteiger partial charge in [-0.05, 0) is 13.0 Å². The minimum absolute atomic E-state index is 0.0900. The first-order chi connectivity index (χ1) is 8.56. The molecule has 18 heavy (non-hydrogen) atoms. The molecule has 0 aromatic carbocycles. The maximum absolute atomic E-state index is 11.7. The fourth-order valence-corrected chi connectivity index (χ4v) is 1.79. The minimum Gasteiger partial charge on any atom is -0.322 e. The molecule has 0 aliphatic heterocycles. The highest BCUT2D eigenvalue weighted by molar-refractivity contribution is 7.15. The van der Waals surface area contributed by atoms with Gasteiger partial charge in [0.1, 0.15) is 10.7 Å². The molecule has 1 atom stereocenters. The Morgan fingerprint density at radius 1 is 1.50 bits per heavy atom. The first-order valence-corrected chi connectivity index (χ1v) is 5.84. The summed E-state index contributed by atoms with van der Waals surface area (Å²) in [5.74, 6) is -0.473. The Kier molecular flexibility index (Phi) is 3.44. The number of aromatic nitrogens is 4. The lowest BCUT2D eigenvalue weighted by Gasteiger charge is -1.98. The molecule has 0 radical (unpaired) electrons. The van der Waals surface area contributed by atoms with Gasteiger partial charge < -0.3 is 5.73 Å². The SMILES string of the molecule is CC(N)c1nnc(NC(=O)c2ccc(=O)[nH]n2)s1. The highest BCUT2D eigenvalue weighted by atomic mass is 32.1. The van der Waals surface area contributed by atoms with Crippen molar-refractivity contribution in [2.75, 3.05) is 5.32 Å². The molecule has 0 saturated carbocycles. The van der Waals surface area contributed by atoms with Gasteiger partial charge in [-0.3, -0.25) is 14.9 Å². The van der Waals surface area contributed by atoms with Crippen LogP contribution in [0.1, 0.15) is 28.5 Å². The lowest BCUT2D eigenvalue weighted by atomic mass is 10.4. The number of hydrogen-bond acceptors (Lipinski definition) is 7. The van der Waals surface area contributed by atoms with Crippen LogP contribution < -0.4 is 16.6 Å². The van der Waals surface area contributed by atoms with Gasteiger partial charge in [-0.25, -0.2) is 5.10 Å². The summed E-state index contributed by atoms with van der Waals surface area (Å²) in [6.07, 6.45) is 0. The van der Waals surface area contributed by atoms with Crippen molar-refractivity contribution < 1.29 is 4.79 Å². The van der Waals surface area contributed by atoms with Gasteiger partial charge in [-0.15, -0.1) is 10.2 Å². The normalized spacial score (nSPS) is 12.1. The molecular formula is C9H10N6O2S. The fourth-order valence-electron chi connectivity index (χ4n) is 1.10. The third-order valence-corrected chi connectivity index (χ3v) is 3.00. The smallest absolute Gasteiger partial charge is 0.277 e. The largest absolute Gasteiger partial charge is 0.322 e. The zero-order valence-corrected chi connectivity index (χ0v) is 10.2. The monoisotopic (exact) mass is 266 g/mol. The van der Waals surface area contributed by atoms with Crippen molar-refractivity contribution in [2.45, 2.75) is 13.0 Å². The molecule has 1 unspecified atom stereocenters.